The van der Waals surface area contributed by atoms with Gasteiger partial charge in [-0.15, -0.1) is 11.3 Å². The number of hydrogen-bond acceptors (Lipinski definition) is 4. The van der Waals surface area contributed by atoms with E-state index in [0.717, 1.165) is 29.4 Å². The van der Waals surface area contributed by atoms with Gasteiger partial charge in [0.2, 0.25) is 0 Å². The summed E-state index contributed by atoms with van der Waals surface area (Å²) in [5.74, 6) is 0.938. The molecule has 3 nitrogen and oxygen atoms in total. The maximum absolute atomic E-state index is 5.80. The number of hydrogen-bond donors (Lipinski definition) is 0. The minimum atomic E-state index is 0.685. The van der Waals surface area contributed by atoms with E-state index < -0.39 is 0 Å². The summed E-state index contributed by atoms with van der Waals surface area (Å²) < 4.78 is 7.05. The molecule has 0 N–H and O–H groups in total. The molecular formula is C18H20N2OS. The first-order valence-electron chi connectivity index (χ1n) is 7.43. The van der Waals surface area contributed by atoms with Crippen LogP contribution in [0.5, 0.6) is 5.75 Å². The Balaban J connectivity index is 1.50. The number of aryl methyl sites for hydroxylation is 1. The molecule has 0 amide bonds. The lowest BCUT2D eigenvalue weighted by molar-refractivity contribution is 0.232. The molecule has 0 unspecified atom stereocenters. The molecule has 0 atom stereocenters. The Morgan fingerprint density at radius 1 is 1.14 bits per heavy atom. The smallest absolute Gasteiger partial charge is 0.119 e. The van der Waals surface area contributed by atoms with Crippen molar-refractivity contribution in [3.05, 3.63) is 59.1 Å². The summed E-state index contributed by atoms with van der Waals surface area (Å²) in [6.45, 7) is 4.50. The first kappa shape index (κ1) is 15.0. The summed E-state index contributed by atoms with van der Waals surface area (Å²) in [6, 6.07) is 16.4. The molecule has 0 aliphatic heterocycles. The van der Waals surface area contributed by atoms with Crippen molar-refractivity contribution in [2.45, 2.75) is 13.5 Å². The predicted octanol–water partition coefficient (Wildman–Crippen LogP) is 4.12. The number of thiazole rings is 1. The first-order valence-corrected chi connectivity index (χ1v) is 8.25. The number of aromatic nitrogens is 1. The third kappa shape index (κ3) is 3.84. The van der Waals surface area contributed by atoms with Gasteiger partial charge in [-0.2, -0.15) is 0 Å². The lowest BCUT2D eigenvalue weighted by Gasteiger charge is -2.15. The Hall–Kier alpha value is -1.91. The van der Waals surface area contributed by atoms with E-state index in [1.165, 1.54) is 10.3 Å². The van der Waals surface area contributed by atoms with Crippen molar-refractivity contribution in [2.75, 3.05) is 20.2 Å². The van der Waals surface area contributed by atoms with E-state index >= 15 is 0 Å². The van der Waals surface area contributed by atoms with Gasteiger partial charge in [0.1, 0.15) is 17.4 Å². The van der Waals surface area contributed by atoms with Crippen LogP contribution in [-0.2, 0) is 6.54 Å². The molecule has 0 saturated carbocycles. The van der Waals surface area contributed by atoms with Crippen LogP contribution >= 0.6 is 11.3 Å². The summed E-state index contributed by atoms with van der Waals surface area (Å²) in [6.07, 6.45) is 0. The highest BCUT2D eigenvalue weighted by atomic mass is 32.1. The standard InChI is InChI=1S/C18H20N2OS/c1-14-6-5-7-15(12-14)21-11-10-20(2)13-18-19-16-8-3-4-9-17(16)22-18/h3-9,12H,10-11,13H2,1-2H3. The highest BCUT2D eigenvalue weighted by Gasteiger charge is 2.06. The van der Waals surface area contributed by atoms with E-state index in [1.54, 1.807) is 11.3 Å². The fraction of sp³-hybridized carbons (Fsp3) is 0.278. The van der Waals surface area contributed by atoms with Gasteiger partial charge in [-0.3, -0.25) is 4.90 Å². The molecule has 3 rings (SSSR count). The van der Waals surface area contributed by atoms with Gasteiger partial charge < -0.3 is 4.74 Å². The zero-order valence-electron chi connectivity index (χ0n) is 13.0. The van der Waals surface area contributed by atoms with Crippen molar-refractivity contribution in [3.8, 4) is 5.75 Å². The molecule has 4 heteroatoms. The minimum Gasteiger partial charge on any atom is -0.492 e. The van der Waals surface area contributed by atoms with E-state index in [0.29, 0.717) is 6.61 Å². The zero-order valence-corrected chi connectivity index (χ0v) is 13.8. The maximum atomic E-state index is 5.80. The maximum Gasteiger partial charge on any atom is 0.119 e. The van der Waals surface area contributed by atoms with Crippen molar-refractivity contribution in [1.82, 2.24) is 9.88 Å². The van der Waals surface area contributed by atoms with Gasteiger partial charge in [0, 0.05) is 6.54 Å². The van der Waals surface area contributed by atoms with E-state index in [4.69, 9.17) is 4.74 Å². The number of ether oxygens (including phenoxy) is 1. The van der Waals surface area contributed by atoms with Crippen molar-refractivity contribution in [3.63, 3.8) is 0 Å². The number of rotatable bonds is 6. The summed E-state index contributed by atoms with van der Waals surface area (Å²) in [5, 5.41) is 1.15. The van der Waals surface area contributed by atoms with Gasteiger partial charge in [-0.1, -0.05) is 24.3 Å². The van der Waals surface area contributed by atoms with Crippen molar-refractivity contribution < 1.29 is 4.74 Å². The number of fused-ring (bicyclic) bond motifs is 1. The Bertz CT molecular complexity index is 720. The van der Waals surface area contributed by atoms with Crippen molar-refractivity contribution >= 4 is 21.6 Å². The number of nitrogens with zero attached hydrogens (tertiary/aromatic N) is 2. The zero-order chi connectivity index (χ0) is 15.4. The molecular weight excluding hydrogens is 292 g/mol. The number of para-hydroxylation sites is 1. The van der Waals surface area contributed by atoms with E-state index in [1.807, 2.05) is 18.2 Å². The lowest BCUT2D eigenvalue weighted by atomic mass is 10.2. The van der Waals surface area contributed by atoms with Crippen LogP contribution in [-0.4, -0.2) is 30.1 Å². The summed E-state index contributed by atoms with van der Waals surface area (Å²) >= 11 is 1.76. The van der Waals surface area contributed by atoms with Crippen molar-refractivity contribution in [2.24, 2.45) is 0 Å². The second-order valence-corrected chi connectivity index (χ2v) is 6.59. The SMILES string of the molecule is Cc1cccc(OCCN(C)Cc2nc3ccccc3s2)c1. The normalized spacial score (nSPS) is 11.2. The topological polar surface area (TPSA) is 25.4 Å². The van der Waals surface area contributed by atoms with Gasteiger partial charge in [0.05, 0.1) is 16.8 Å². The first-order chi connectivity index (χ1) is 10.7. The number of likely N-dealkylation sites (N-methyl/N-ethyl adjacent to an activating group) is 1. The second-order valence-electron chi connectivity index (χ2n) is 5.48. The third-order valence-corrected chi connectivity index (χ3v) is 4.50. The van der Waals surface area contributed by atoms with Gasteiger partial charge >= 0.3 is 0 Å². The van der Waals surface area contributed by atoms with Crippen LogP contribution in [0.2, 0.25) is 0 Å². The van der Waals surface area contributed by atoms with Crippen molar-refractivity contribution in [1.29, 1.82) is 0 Å². The molecule has 0 aliphatic carbocycles. The Kier molecular flexibility index (Phi) is 4.71. The fourth-order valence-corrected chi connectivity index (χ4v) is 3.37. The summed E-state index contributed by atoms with van der Waals surface area (Å²) in [7, 11) is 2.10. The van der Waals surface area contributed by atoms with Gasteiger partial charge in [-0.25, -0.2) is 4.98 Å². The van der Waals surface area contributed by atoms with Gasteiger partial charge in [0.15, 0.2) is 0 Å². The van der Waals surface area contributed by atoms with Crippen LogP contribution in [0.3, 0.4) is 0 Å². The second kappa shape index (κ2) is 6.90. The highest BCUT2D eigenvalue weighted by molar-refractivity contribution is 7.18. The number of benzene rings is 2. The summed E-state index contributed by atoms with van der Waals surface area (Å²) in [5.41, 5.74) is 2.31. The molecule has 0 saturated heterocycles. The molecule has 22 heavy (non-hydrogen) atoms. The monoisotopic (exact) mass is 312 g/mol. The average Bonchev–Trinajstić information content (AvgIpc) is 2.89. The van der Waals surface area contributed by atoms with Crippen LogP contribution in [0.4, 0.5) is 0 Å². The Morgan fingerprint density at radius 3 is 2.82 bits per heavy atom. The molecule has 1 heterocycles. The predicted molar refractivity (Wildman–Crippen MR) is 92.6 cm³/mol. The average molecular weight is 312 g/mol. The summed E-state index contributed by atoms with van der Waals surface area (Å²) in [4.78, 5) is 6.91. The largest absolute Gasteiger partial charge is 0.492 e. The molecule has 1 aromatic heterocycles. The molecule has 0 radical (unpaired) electrons. The molecule has 114 valence electrons. The molecule has 0 fully saturated rings. The lowest BCUT2D eigenvalue weighted by Crippen LogP contribution is -2.23. The Morgan fingerprint density at radius 2 is 2.00 bits per heavy atom. The minimum absolute atomic E-state index is 0.685. The quantitative estimate of drug-likeness (QED) is 0.685. The van der Waals surface area contributed by atoms with Crippen LogP contribution in [0.1, 0.15) is 10.6 Å². The highest BCUT2D eigenvalue weighted by Crippen LogP contribution is 2.22. The molecule has 3 aromatic rings. The molecule has 2 aromatic carbocycles. The van der Waals surface area contributed by atoms with Gasteiger partial charge in [-0.05, 0) is 43.8 Å². The van der Waals surface area contributed by atoms with Gasteiger partial charge in [0.25, 0.3) is 0 Å². The molecule has 0 bridgehead atoms. The van der Waals surface area contributed by atoms with Crippen LogP contribution in [0.15, 0.2) is 48.5 Å². The van der Waals surface area contributed by atoms with E-state index in [9.17, 15) is 0 Å². The van der Waals surface area contributed by atoms with Crippen LogP contribution in [0, 0.1) is 6.92 Å². The molecule has 0 aliphatic rings. The molecule has 0 spiro atoms. The van der Waals surface area contributed by atoms with Crippen LogP contribution in [0.25, 0.3) is 10.2 Å². The van der Waals surface area contributed by atoms with E-state index in [-0.39, 0.29) is 0 Å². The van der Waals surface area contributed by atoms with Crippen LogP contribution < -0.4 is 4.74 Å². The fourth-order valence-electron chi connectivity index (χ4n) is 2.32. The van der Waals surface area contributed by atoms with E-state index in [2.05, 4.69) is 54.2 Å². The Labute approximate surface area is 135 Å². The third-order valence-electron chi connectivity index (χ3n) is 3.47.